The number of rotatable bonds is 6. The lowest BCUT2D eigenvalue weighted by atomic mass is 10.0. The van der Waals surface area contributed by atoms with E-state index in [4.69, 9.17) is 4.74 Å². The third-order valence-electron chi connectivity index (χ3n) is 4.59. The molecule has 5 nitrogen and oxygen atoms in total. The number of hydrogen-bond donors (Lipinski definition) is 2. The van der Waals surface area contributed by atoms with Crippen LogP contribution in [-0.2, 0) is 11.3 Å². The minimum atomic E-state index is 0.382. The van der Waals surface area contributed by atoms with E-state index in [1.165, 1.54) is 11.1 Å². The van der Waals surface area contributed by atoms with Crippen LogP contribution in [-0.4, -0.2) is 47.9 Å². The summed E-state index contributed by atoms with van der Waals surface area (Å²) in [6, 6.07) is 11.1. The van der Waals surface area contributed by atoms with E-state index in [0.717, 1.165) is 50.8 Å². The van der Waals surface area contributed by atoms with Crippen molar-refractivity contribution in [2.24, 2.45) is 0 Å². The van der Waals surface area contributed by atoms with Crippen LogP contribution in [0.25, 0.3) is 0 Å². The van der Waals surface area contributed by atoms with E-state index in [1.807, 2.05) is 0 Å². The molecule has 1 aromatic heterocycles. The molecular formula is C18H26N4O. The van der Waals surface area contributed by atoms with Gasteiger partial charge in [-0.3, -0.25) is 10.00 Å². The number of nitrogens with one attached hydrogen (secondary N) is 2. The lowest BCUT2D eigenvalue weighted by Gasteiger charge is -2.35. The Morgan fingerprint density at radius 3 is 2.61 bits per heavy atom. The van der Waals surface area contributed by atoms with Crippen molar-refractivity contribution in [3.8, 4) is 0 Å². The smallest absolute Gasteiger partial charge is 0.0638 e. The van der Waals surface area contributed by atoms with Crippen LogP contribution in [0.3, 0.4) is 0 Å². The highest BCUT2D eigenvalue weighted by atomic mass is 16.5. The standard InChI is InChI=1S/C18H26N4O/c1-14-17(15(2)21-20-14)12-19-13-18(16-6-4-3-5-7-16)22-8-10-23-11-9-22/h3-7,18-19H,8-13H2,1-2H3,(H,20,21). The monoisotopic (exact) mass is 314 g/mol. The Hall–Kier alpha value is -1.69. The van der Waals surface area contributed by atoms with Gasteiger partial charge < -0.3 is 10.1 Å². The van der Waals surface area contributed by atoms with Crippen LogP contribution < -0.4 is 5.32 Å². The maximum Gasteiger partial charge on any atom is 0.0638 e. The lowest BCUT2D eigenvalue weighted by molar-refractivity contribution is 0.0161. The average molecular weight is 314 g/mol. The Morgan fingerprint density at radius 1 is 1.22 bits per heavy atom. The topological polar surface area (TPSA) is 53.2 Å². The highest BCUT2D eigenvalue weighted by Gasteiger charge is 2.22. The van der Waals surface area contributed by atoms with Crippen molar-refractivity contribution in [1.82, 2.24) is 20.4 Å². The van der Waals surface area contributed by atoms with Gasteiger partial charge >= 0.3 is 0 Å². The van der Waals surface area contributed by atoms with Crippen molar-refractivity contribution in [3.63, 3.8) is 0 Å². The van der Waals surface area contributed by atoms with Crippen LogP contribution >= 0.6 is 0 Å². The summed E-state index contributed by atoms with van der Waals surface area (Å²) in [5.74, 6) is 0. The van der Waals surface area contributed by atoms with Gasteiger partial charge in [0.15, 0.2) is 0 Å². The number of benzene rings is 1. The Balaban J connectivity index is 1.66. The fourth-order valence-corrected chi connectivity index (χ4v) is 3.19. The van der Waals surface area contributed by atoms with Crippen molar-refractivity contribution in [1.29, 1.82) is 0 Å². The van der Waals surface area contributed by atoms with Gasteiger partial charge in [-0.15, -0.1) is 0 Å². The maximum absolute atomic E-state index is 5.51. The maximum atomic E-state index is 5.51. The van der Waals surface area contributed by atoms with Gasteiger partial charge in [0, 0.05) is 43.5 Å². The normalized spacial score (nSPS) is 17.3. The number of nitrogens with zero attached hydrogens (tertiary/aromatic N) is 2. The van der Waals surface area contributed by atoms with Crippen LogP contribution in [0.1, 0.15) is 28.6 Å². The molecular weight excluding hydrogens is 288 g/mol. The van der Waals surface area contributed by atoms with E-state index in [0.29, 0.717) is 6.04 Å². The molecule has 0 bridgehead atoms. The number of aromatic amines is 1. The van der Waals surface area contributed by atoms with Gasteiger partial charge in [0.2, 0.25) is 0 Å². The second-order valence-electron chi connectivity index (χ2n) is 6.12. The predicted octanol–water partition coefficient (Wildman–Crippen LogP) is 2.19. The molecule has 23 heavy (non-hydrogen) atoms. The van der Waals surface area contributed by atoms with Gasteiger partial charge in [-0.1, -0.05) is 30.3 Å². The van der Waals surface area contributed by atoms with Crippen molar-refractivity contribution < 1.29 is 4.74 Å². The van der Waals surface area contributed by atoms with E-state index in [9.17, 15) is 0 Å². The fourth-order valence-electron chi connectivity index (χ4n) is 3.19. The SMILES string of the molecule is Cc1n[nH]c(C)c1CNCC(c1ccccc1)N1CCOCC1. The molecule has 124 valence electrons. The zero-order valence-corrected chi connectivity index (χ0v) is 14.0. The third kappa shape index (κ3) is 3.99. The molecule has 1 atom stereocenters. The summed E-state index contributed by atoms with van der Waals surface area (Å²) in [5.41, 5.74) is 4.87. The van der Waals surface area contributed by atoms with Crippen LogP contribution in [0.4, 0.5) is 0 Å². The predicted molar refractivity (Wildman–Crippen MR) is 91.3 cm³/mol. The first-order valence-electron chi connectivity index (χ1n) is 8.33. The van der Waals surface area contributed by atoms with Crippen LogP contribution in [0.2, 0.25) is 0 Å². The first-order chi connectivity index (χ1) is 11.3. The molecule has 0 spiro atoms. The summed E-state index contributed by atoms with van der Waals surface area (Å²) in [5, 5.41) is 10.9. The summed E-state index contributed by atoms with van der Waals surface area (Å²) >= 11 is 0. The summed E-state index contributed by atoms with van der Waals surface area (Å²) < 4.78 is 5.51. The molecule has 1 aliphatic rings. The average Bonchev–Trinajstić information content (AvgIpc) is 2.92. The van der Waals surface area contributed by atoms with Gasteiger partial charge in [0.25, 0.3) is 0 Å². The highest BCUT2D eigenvalue weighted by molar-refractivity contribution is 5.23. The molecule has 0 amide bonds. The van der Waals surface area contributed by atoms with Crippen molar-refractivity contribution in [2.75, 3.05) is 32.8 Å². The second kappa shape index (κ2) is 7.73. The molecule has 2 heterocycles. The quantitative estimate of drug-likeness (QED) is 0.858. The number of H-pyrrole nitrogens is 1. The lowest BCUT2D eigenvalue weighted by Crippen LogP contribution is -2.42. The van der Waals surface area contributed by atoms with E-state index < -0.39 is 0 Å². The van der Waals surface area contributed by atoms with E-state index >= 15 is 0 Å². The van der Waals surface area contributed by atoms with E-state index in [2.05, 4.69) is 64.6 Å². The Morgan fingerprint density at radius 2 is 1.96 bits per heavy atom. The first kappa shape index (κ1) is 16.2. The van der Waals surface area contributed by atoms with E-state index in [1.54, 1.807) is 0 Å². The Kier molecular flexibility index (Phi) is 5.43. The van der Waals surface area contributed by atoms with Gasteiger partial charge in [0.05, 0.1) is 18.9 Å². The molecule has 2 N–H and O–H groups in total. The number of ether oxygens (including phenoxy) is 1. The van der Waals surface area contributed by atoms with Crippen molar-refractivity contribution in [3.05, 3.63) is 52.8 Å². The molecule has 1 unspecified atom stereocenters. The molecule has 1 saturated heterocycles. The minimum absolute atomic E-state index is 0.382. The summed E-state index contributed by atoms with van der Waals surface area (Å²) in [6.07, 6.45) is 0. The van der Waals surface area contributed by atoms with Gasteiger partial charge in [-0.2, -0.15) is 5.10 Å². The molecule has 2 aromatic rings. The summed E-state index contributed by atoms with van der Waals surface area (Å²) in [4.78, 5) is 2.51. The summed E-state index contributed by atoms with van der Waals surface area (Å²) in [6.45, 7) is 9.53. The third-order valence-corrected chi connectivity index (χ3v) is 4.59. The molecule has 1 aromatic carbocycles. The van der Waals surface area contributed by atoms with Gasteiger partial charge in [-0.05, 0) is 19.4 Å². The van der Waals surface area contributed by atoms with Crippen LogP contribution in [0, 0.1) is 13.8 Å². The second-order valence-corrected chi connectivity index (χ2v) is 6.12. The van der Waals surface area contributed by atoms with Crippen molar-refractivity contribution in [2.45, 2.75) is 26.4 Å². The highest BCUT2D eigenvalue weighted by Crippen LogP contribution is 2.21. The molecule has 0 radical (unpaired) electrons. The minimum Gasteiger partial charge on any atom is -0.379 e. The molecule has 0 saturated carbocycles. The number of morpholine rings is 1. The Bertz CT molecular complexity index is 585. The van der Waals surface area contributed by atoms with Gasteiger partial charge in [0.1, 0.15) is 0 Å². The van der Waals surface area contributed by atoms with E-state index in [-0.39, 0.29) is 0 Å². The molecule has 0 aliphatic carbocycles. The van der Waals surface area contributed by atoms with Crippen LogP contribution in [0.15, 0.2) is 30.3 Å². The first-order valence-corrected chi connectivity index (χ1v) is 8.33. The molecule has 3 rings (SSSR count). The zero-order chi connectivity index (χ0) is 16.1. The molecule has 1 aliphatic heterocycles. The zero-order valence-electron chi connectivity index (χ0n) is 14.0. The Labute approximate surface area is 138 Å². The van der Waals surface area contributed by atoms with Crippen LogP contribution in [0.5, 0.6) is 0 Å². The molecule has 5 heteroatoms. The number of aromatic nitrogens is 2. The fraction of sp³-hybridized carbons (Fsp3) is 0.500. The summed E-state index contributed by atoms with van der Waals surface area (Å²) in [7, 11) is 0. The van der Waals surface area contributed by atoms with Gasteiger partial charge in [-0.25, -0.2) is 0 Å². The number of aryl methyl sites for hydroxylation is 2. The molecule has 1 fully saturated rings. The largest absolute Gasteiger partial charge is 0.379 e. The number of hydrogen-bond acceptors (Lipinski definition) is 4. The van der Waals surface area contributed by atoms with Crippen molar-refractivity contribution >= 4 is 0 Å².